The zero-order valence-corrected chi connectivity index (χ0v) is 17.9. The van der Waals surface area contributed by atoms with Gasteiger partial charge in [0.05, 0.1) is 6.04 Å². The largest absolute Gasteiger partial charge is 0.354 e. The molecule has 0 saturated carbocycles. The molecule has 2 aliphatic rings. The quantitative estimate of drug-likeness (QED) is 0.762. The number of likely N-dealkylation sites (tertiary alicyclic amines) is 1. The van der Waals surface area contributed by atoms with E-state index in [1.807, 2.05) is 36.9 Å². The lowest BCUT2D eigenvalue weighted by Gasteiger charge is -2.38. The topological polar surface area (TPSA) is 61.4 Å². The van der Waals surface area contributed by atoms with Crippen LogP contribution in [0.15, 0.2) is 30.3 Å². The predicted octanol–water partition coefficient (Wildman–Crippen LogP) is 2.78. The van der Waals surface area contributed by atoms with Crippen molar-refractivity contribution >= 4 is 24.2 Å². The Balaban J connectivity index is 0.00000280. The van der Waals surface area contributed by atoms with Gasteiger partial charge in [0.1, 0.15) is 0 Å². The van der Waals surface area contributed by atoms with E-state index in [2.05, 4.69) is 22.8 Å². The number of nitrogens with zero attached hydrogens (tertiary/aromatic N) is 1. The molecule has 0 bridgehead atoms. The van der Waals surface area contributed by atoms with E-state index >= 15 is 0 Å². The van der Waals surface area contributed by atoms with Crippen molar-refractivity contribution in [1.29, 1.82) is 0 Å². The molecule has 3 rings (SSSR count). The van der Waals surface area contributed by atoms with Crippen molar-refractivity contribution in [2.24, 2.45) is 11.3 Å². The second-order valence-electron chi connectivity index (χ2n) is 8.70. The Kier molecular flexibility index (Phi) is 8.32. The Morgan fingerprint density at radius 2 is 1.93 bits per heavy atom. The third-order valence-corrected chi connectivity index (χ3v) is 5.82. The second kappa shape index (κ2) is 10.3. The van der Waals surface area contributed by atoms with Gasteiger partial charge in [0.15, 0.2) is 0 Å². The van der Waals surface area contributed by atoms with E-state index in [9.17, 15) is 9.59 Å². The average molecular weight is 408 g/mol. The molecule has 0 aromatic heterocycles. The number of carbonyl (C=O) groups excluding carboxylic acids is 2. The predicted molar refractivity (Wildman–Crippen MR) is 115 cm³/mol. The maximum Gasteiger partial charge on any atom is 0.237 e. The van der Waals surface area contributed by atoms with Gasteiger partial charge in [-0.15, -0.1) is 12.4 Å². The van der Waals surface area contributed by atoms with Crippen molar-refractivity contribution in [3.8, 4) is 0 Å². The van der Waals surface area contributed by atoms with Gasteiger partial charge in [-0.3, -0.25) is 9.59 Å². The molecule has 6 heteroatoms. The number of benzene rings is 1. The number of hydrogen-bond acceptors (Lipinski definition) is 3. The molecule has 28 heavy (non-hydrogen) atoms. The molecular weight excluding hydrogens is 374 g/mol. The third kappa shape index (κ3) is 5.95. The molecule has 2 fully saturated rings. The highest BCUT2D eigenvalue weighted by atomic mass is 35.5. The summed E-state index contributed by atoms with van der Waals surface area (Å²) < 4.78 is 0. The van der Waals surface area contributed by atoms with Crippen molar-refractivity contribution in [3.05, 3.63) is 35.9 Å². The van der Waals surface area contributed by atoms with Crippen LogP contribution in [0.1, 0.15) is 45.1 Å². The molecule has 156 valence electrons. The van der Waals surface area contributed by atoms with Crippen LogP contribution < -0.4 is 10.6 Å². The number of piperidine rings is 1. The Morgan fingerprint density at radius 3 is 2.61 bits per heavy atom. The first-order valence-corrected chi connectivity index (χ1v) is 10.3. The summed E-state index contributed by atoms with van der Waals surface area (Å²) in [5, 5.41) is 6.33. The van der Waals surface area contributed by atoms with Crippen LogP contribution in [-0.2, 0) is 16.0 Å². The van der Waals surface area contributed by atoms with Gasteiger partial charge in [0.25, 0.3) is 0 Å². The number of amides is 2. The van der Waals surface area contributed by atoms with E-state index in [0.717, 1.165) is 51.7 Å². The Morgan fingerprint density at radius 1 is 1.18 bits per heavy atom. The summed E-state index contributed by atoms with van der Waals surface area (Å²) >= 11 is 0. The van der Waals surface area contributed by atoms with E-state index < -0.39 is 5.41 Å². The van der Waals surface area contributed by atoms with E-state index in [0.29, 0.717) is 12.5 Å². The number of hydrogen-bond donors (Lipinski definition) is 2. The van der Waals surface area contributed by atoms with Crippen LogP contribution in [-0.4, -0.2) is 48.9 Å². The highest BCUT2D eigenvalue weighted by Crippen LogP contribution is 2.27. The molecular formula is C22H34ClN3O2. The van der Waals surface area contributed by atoms with Gasteiger partial charge in [0, 0.05) is 25.0 Å². The van der Waals surface area contributed by atoms with Crippen molar-refractivity contribution < 1.29 is 9.59 Å². The molecule has 0 spiro atoms. The lowest BCUT2D eigenvalue weighted by Crippen LogP contribution is -2.49. The monoisotopic (exact) mass is 407 g/mol. The molecule has 2 unspecified atom stereocenters. The minimum atomic E-state index is -0.416. The molecule has 2 N–H and O–H groups in total. The molecule has 1 aromatic carbocycles. The third-order valence-electron chi connectivity index (χ3n) is 5.82. The SMILES string of the molecule is CC(C)(Cc1ccccc1)C(=O)N1CCCC(CNC(=O)C2CCCN2)C1.Cl. The van der Waals surface area contributed by atoms with Crippen molar-refractivity contribution in [3.63, 3.8) is 0 Å². The summed E-state index contributed by atoms with van der Waals surface area (Å²) in [6, 6.07) is 10.2. The summed E-state index contributed by atoms with van der Waals surface area (Å²) in [6.45, 7) is 7.25. The zero-order chi connectivity index (χ0) is 19.3. The van der Waals surface area contributed by atoms with Gasteiger partial charge in [-0.2, -0.15) is 0 Å². The Bertz CT molecular complexity index is 644. The van der Waals surface area contributed by atoms with E-state index in [-0.39, 0.29) is 30.3 Å². The minimum absolute atomic E-state index is 0. The first-order valence-electron chi connectivity index (χ1n) is 10.3. The van der Waals surface area contributed by atoms with Gasteiger partial charge >= 0.3 is 0 Å². The van der Waals surface area contributed by atoms with Crippen LogP contribution in [0.2, 0.25) is 0 Å². The number of nitrogens with one attached hydrogen (secondary N) is 2. The highest BCUT2D eigenvalue weighted by molar-refractivity contribution is 5.85. The first-order chi connectivity index (χ1) is 13.0. The summed E-state index contributed by atoms with van der Waals surface area (Å²) in [6.07, 6.45) is 4.82. The average Bonchev–Trinajstić information content (AvgIpc) is 3.21. The minimum Gasteiger partial charge on any atom is -0.354 e. The Hall–Kier alpha value is -1.59. The van der Waals surface area contributed by atoms with E-state index in [4.69, 9.17) is 0 Å². The lowest BCUT2D eigenvalue weighted by atomic mass is 9.83. The molecule has 5 nitrogen and oxygen atoms in total. The van der Waals surface area contributed by atoms with Crippen molar-refractivity contribution in [2.45, 2.75) is 52.0 Å². The Labute approximate surface area is 175 Å². The van der Waals surface area contributed by atoms with Gasteiger partial charge < -0.3 is 15.5 Å². The first kappa shape index (κ1) is 22.7. The molecule has 0 aliphatic carbocycles. The fourth-order valence-electron chi connectivity index (χ4n) is 4.30. The smallest absolute Gasteiger partial charge is 0.237 e. The van der Waals surface area contributed by atoms with Gasteiger partial charge in [-0.25, -0.2) is 0 Å². The normalized spacial score (nSPS) is 22.4. The van der Waals surface area contributed by atoms with E-state index in [1.165, 1.54) is 5.56 Å². The van der Waals surface area contributed by atoms with E-state index in [1.54, 1.807) is 0 Å². The summed E-state index contributed by atoms with van der Waals surface area (Å²) in [5.41, 5.74) is 0.779. The van der Waals surface area contributed by atoms with Crippen molar-refractivity contribution in [1.82, 2.24) is 15.5 Å². The molecule has 0 radical (unpaired) electrons. The molecule has 2 heterocycles. The molecule has 2 saturated heterocycles. The molecule has 1 aromatic rings. The fourth-order valence-corrected chi connectivity index (χ4v) is 4.30. The molecule has 2 atom stereocenters. The standard InChI is InChI=1S/C22H33N3O2.ClH/c1-22(2,14-17-8-4-3-5-9-17)21(27)25-13-7-10-18(16-25)15-24-20(26)19-11-6-12-23-19;/h3-5,8-9,18-19,23H,6-7,10-16H2,1-2H3,(H,24,26);1H. The van der Waals surface area contributed by atoms with Crippen LogP contribution in [0.3, 0.4) is 0 Å². The van der Waals surface area contributed by atoms with Crippen LogP contribution >= 0.6 is 12.4 Å². The second-order valence-corrected chi connectivity index (χ2v) is 8.70. The highest BCUT2D eigenvalue weighted by Gasteiger charge is 2.35. The maximum absolute atomic E-state index is 13.1. The number of rotatable bonds is 6. The molecule has 2 amide bonds. The van der Waals surface area contributed by atoms with Crippen LogP contribution in [0.4, 0.5) is 0 Å². The van der Waals surface area contributed by atoms with Crippen molar-refractivity contribution in [2.75, 3.05) is 26.2 Å². The number of carbonyl (C=O) groups is 2. The van der Waals surface area contributed by atoms with Gasteiger partial charge in [-0.1, -0.05) is 44.2 Å². The summed E-state index contributed by atoms with van der Waals surface area (Å²) in [7, 11) is 0. The number of halogens is 1. The maximum atomic E-state index is 13.1. The summed E-state index contributed by atoms with van der Waals surface area (Å²) in [5.74, 6) is 0.681. The fraction of sp³-hybridized carbons (Fsp3) is 0.636. The van der Waals surface area contributed by atoms with Crippen LogP contribution in [0.25, 0.3) is 0 Å². The summed E-state index contributed by atoms with van der Waals surface area (Å²) in [4.78, 5) is 27.4. The zero-order valence-electron chi connectivity index (χ0n) is 17.1. The molecule has 2 aliphatic heterocycles. The van der Waals surface area contributed by atoms with Crippen LogP contribution in [0.5, 0.6) is 0 Å². The van der Waals surface area contributed by atoms with Gasteiger partial charge in [0.2, 0.25) is 11.8 Å². The lowest BCUT2D eigenvalue weighted by molar-refractivity contribution is -0.142. The van der Waals surface area contributed by atoms with Gasteiger partial charge in [-0.05, 0) is 50.1 Å². The van der Waals surface area contributed by atoms with Crippen LogP contribution in [0, 0.1) is 11.3 Å².